The molecule has 3 aromatic rings. The smallest absolute Gasteiger partial charge is 0.266 e. The average molecular weight is 381 g/mol. The largest absolute Gasteiger partial charge is 0.486 e. The molecule has 0 saturated carbocycles. The Labute approximate surface area is 160 Å². The van der Waals surface area contributed by atoms with Crippen LogP contribution in [0.15, 0.2) is 57.9 Å². The van der Waals surface area contributed by atoms with Gasteiger partial charge < -0.3 is 19.2 Å². The summed E-state index contributed by atoms with van der Waals surface area (Å²) in [7, 11) is 0. The highest BCUT2D eigenvalue weighted by atomic mass is 16.6. The van der Waals surface area contributed by atoms with Crippen molar-refractivity contribution >= 4 is 11.6 Å². The standard InChI is InChI=1S/C20H19N3O5/c1-13(12-23-19(24)7-5-15(22-23)16-3-2-8-26-16)20(25)21-14-4-6-17-18(11-14)28-10-9-27-17/h2-8,11,13H,9-10,12H2,1H3,(H,21,25)/t13-/m1/s1. The number of benzene rings is 1. The topological polar surface area (TPSA) is 95.6 Å². The van der Waals surface area contributed by atoms with Gasteiger partial charge in [-0.15, -0.1) is 0 Å². The second-order valence-corrected chi connectivity index (χ2v) is 6.46. The van der Waals surface area contributed by atoms with Gasteiger partial charge in [0.25, 0.3) is 5.56 Å². The van der Waals surface area contributed by atoms with E-state index in [2.05, 4.69) is 10.4 Å². The van der Waals surface area contributed by atoms with Crippen molar-refractivity contribution in [1.82, 2.24) is 9.78 Å². The molecule has 8 nitrogen and oxygen atoms in total. The Hall–Kier alpha value is -3.55. The molecule has 1 amide bonds. The van der Waals surface area contributed by atoms with Crippen LogP contribution >= 0.6 is 0 Å². The number of aromatic nitrogens is 2. The van der Waals surface area contributed by atoms with Gasteiger partial charge in [0.2, 0.25) is 5.91 Å². The van der Waals surface area contributed by atoms with E-state index in [4.69, 9.17) is 13.9 Å². The number of nitrogens with zero attached hydrogens (tertiary/aromatic N) is 2. The summed E-state index contributed by atoms with van der Waals surface area (Å²) in [6.07, 6.45) is 1.54. The van der Waals surface area contributed by atoms with Gasteiger partial charge in [-0.3, -0.25) is 9.59 Å². The van der Waals surface area contributed by atoms with Crippen LogP contribution in [0.1, 0.15) is 6.92 Å². The van der Waals surface area contributed by atoms with E-state index in [0.29, 0.717) is 41.9 Å². The van der Waals surface area contributed by atoms with E-state index in [1.165, 1.54) is 17.0 Å². The van der Waals surface area contributed by atoms with E-state index in [9.17, 15) is 9.59 Å². The predicted octanol–water partition coefficient (Wildman–Crippen LogP) is 2.55. The zero-order chi connectivity index (χ0) is 19.5. The van der Waals surface area contributed by atoms with Gasteiger partial charge in [0, 0.05) is 17.8 Å². The van der Waals surface area contributed by atoms with E-state index in [-0.39, 0.29) is 18.0 Å². The molecule has 1 aliphatic heterocycles. The van der Waals surface area contributed by atoms with Crippen LogP contribution in [0, 0.1) is 5.92 Å². The second kappa shape index (κ2) is 7.59. The lowest BCUT2D eigenvalue weighted by Gasteiger charge is -2.19. The predicted molar refractivity (Wildman–Crippen MR) is 101 cm³/mol. The van der Waals surface area contributed by atoms with Crippen molar-refractivity contribution in [1.29, 1.82) is 0 Å². The highest BCUT2D eigenvalue weighted by Crippen LogP contribution is 2.32. The molecule has 4 rings (SSSR count). The number of ether oxygens (including phenoxy) is 2. The molecule has 1 aliphatic rings. The van der Waals surface area contributed by atoms with Crippen molar-refractivity contribution < 1.29 is 18.7 Å². The Morgan fingerprint density at radius 1 is 1.18 bits per heavy atom. The number of anilines is 1. The van der Waals surface area contributed by atoms with E-state index in [1.807, 2.05) is 0 Å². The van der Waals surface area contributed by atoms with Gasteiger partial charge in [-0.25, -0.2) is 4.68 Å². The number of furan rings is 1. The van der Waals surface area contributed by atoms with Crippen LogP contribution in [0.2, 0.25) is 0 Å². The molecule has 144 valence electrons. The van der Waals surface area contributed by atoms with Crippen LogP contribution in [0.5, 0.6) is 11.5 Å². The molecule has 1 atom stereocenters. The van der Waals surface area contributed by atoms with E-state index >= 15 is 0 Å². The first-order valence-corrected chi connectivity index (χ1v) is 8.93. The van der Waals surface area contributed by atoms with E-state index in [0.717, 1.165) is 0 Å². The first-order chi connectivity index (χ1) is 13.6. The Morgan fingerprint density at radius 2 is 2.00 bits per heavy atom. The molecule has 8 heteroatoms. The van der Waals surface area contributed by atoms with E-state index in [1.54, 1.807) is 43.3 Å². The quantitative estimate of drug-likeness (QED) is 0.730. The average Bonchev–Trinajstić information content (AvgIpc) is 3.24. The minimum atomic E-state index is -0.481. The third-order valence-electron chi connectivity index (χ3n) is 4.34. The molecule has 0 bridgehead atoms. The molecular formula is C20H19N3O5. The Morgan fingerprint density at radius 3 is 2.79 bits per heavy atom. The summed E-state index contributed by atoms with van der Waals surface area (Å²) in [6.45, 7) is 2.86. The van der Waals surface area contributed by atoms with Crippen LogP contribution in [0.3, 0.4) is 0 Å². The molecule has 28 heavy (non-hydrogen) atoms. The Kier molecular flexibility index (Phi) is 4.84. The first-order valence-electron chi connectivity index (χ1n) is 8.93. The van der Waals surface area contributed by atoms with Gasteiger partial charge in [-0.05, 0) is 30.3 Å². The van der Waals surface area contributed by atoms with Crippen LogP contribution in [0.25, 0.3) is 11.5 Å². The van der Waals surface area contributed by atoms with Crippen molar-refractivity contribution in [2.75, 3.05) is 18.5 Å². The molecule has 0 radical (unpaired) electrons. The maximum absolute atomic E-state index is 12.6. The SMILES string of the molecule is C[C@H](Cn1nc(-c2ccco2)ccc1=O)C(=O)Nc1ccc2c(c1)OCCO2. The molecule has 2 aromatic heterocycles. The Balaban J connectivity index is 1.46. The third-order valence-corrected chi connectivity index (χ3v) is 4.34. The normalized spacial score (nSPS) is 13.8. The fourth-order valence-corrected chi connectivity index (χ4v) is 2.86. The number of hydrogen-bond acceptors (Lipinski definition) is 6. The first kappa shape index (κ1) is 17.8. The number of amides is 1. The van der Waals surface area contributed by atoms with Crippen LogP contribution < -0.4 is 20.3 Å². The minimum absolute atomic E-state index is 0.143. The molecule has 0 fully saturated rings. The maximum atomic E-state index is 12.6. The van der Waals surface area contributed by atoms with Gasteiger partial charge in [0.1, 0.15) is 18.9 Å². The van der Waals surface area contributed by atoms with Gasteiger partial charge in [-0.1, -0.05) is 6.92 Å². The highest BCUT2D eigenvalue weighted by molar-refractivity contribution is 5.92. The van der Waals surface area contributed by atoms with Crippen LogP contribution in [-0.4, -0.2) is 28.9 Å². The zero-order valence-corrected chi connectivity index (χ0v) is 15.3. The number of hydrogen-bond donors (Lipinski definition) is 1. The number of carbonyl (C=O) groups excluding carboxylic acids is 1. The molecule has 0 saturated heterocycles. The molecule has 0 aliphatic carbocycles. The monoisotopic (exact) mass is 381 g/mol. The third kappa shape index (κ3) is 3.75. The van der Waals surface area contributed by atoms with Gasteiger partial charge in [0.05, 0.1) is 18.7 Å². The van der Waals surface area contributed by atoms with Crippen LogP contribution in [0.4, 0.5) is 5.69 Å². The minimum Gasteiger partial charge on any atom is -0.486 e. The molecule has 0 unspecified atom stereocenters. The summed E-state index contributed by atoms with van der Waals surface area (Å²) in [5, 5.41) is 7.13. The number of carbonyl (C=O) groups is 1. The van der Waals surface area contributed by atoms with Gasteiger partial charge >= 0.3 is 0 Å². The molecule has 1 N–H and O–H groups in total. The molecule has 0 spiro atoms. The number of nitrogens with one attached hydrogen (secondary N) is 1. The molecular weight excluding hydrogens is 362 g/mol. The summed E-state index contributed by atoms with van der Waals surface area (Å²) >= 11 is 0. The number of rotatable bonds is 5. The summed E-state index contributed by atoms with van der Waals surface area (Å²) in [4.78, 5) is 24.7. The Bertz CT molecular complexity index is 1040. The summed E-state index contributed by atoms with van der Waals surface area (Å²) < 4.78 is 17.6. The van der Waals surface area contributed by atoms with Crippen LogP contribution in [-0.2, 0) is 11.3 Å². The maximum Gasteiger partial charge on any atom is 0.266 e. The van der Waals surface area contributed by atoms with Crippen molar-refractivity contribution in [2.45, 2.75) is 13.5 Å². The zero-order valence-electron chi connectivity index (χ0n) is 15.3. The van der Waals surface area contributed by atoms with Crippen molar-refractivity contribution in [2.24, 2.45) is 5.92 Å². The van der Waals surface area contributed by atoms with Crippen molar-refractivity contribution in [3.05, 3.63) is 59.1 Å². The molecule has 1 aromatic carbocycles. The van der Waals surface area contributed by atoms with E-state index < -0.39 is 5.92 Å². The lowest BCUT2D eigenvalue weighted by atomic mass is 10.1. The summed E-state index contributed by atoms with van der Waals surface area (Å²) in [6, 6.07) is 11.7. The second-order valence-electron chi connectivity index (χ2n) is 6.46. The van der Waals surface area contributed by atoms with Crippen molar-refractivity contribution in [3.8, 4) is 23.0 Å². The molecule has 3 heterocycles. The summed E-state index contributed by atoms with van der Waals surface area (Å²) in [5.74, 6) is 1.10. The fraction of sp³-hybridized carbons (Fsp3) is 0.250. The lowest BCUT2D eigenvalue weighted by Crippen LogP contribution is -2.31. The number of fused-ring (bicyclic) bond motifs is 1. The summed E-state index contributed by atoms with van der Waals surface area (Å²) in [5.41, 5.74) is 0.851. The highest BCUT2D eigenvalue weighted by Gasteiger charge is 2.18. The van der Waals surface area contributed by atoms with Crippen molar-refractivity contribution in [3.63, 3.8) is 0 Å². The van der Waals surface area contributed by atoms with Gasteiger partial charge in [0.15, 0.2) is 17.3 Å². The fourth-order valence-electron chi connectivity index (χ4n) is 2.86. The lowest BCUT2D eigenvalue weighted by molar-refractivity contribution is -0.119. The van der Waals surface area contributed by atoms with Gasteiger partial charge in [-0.2, -0.15) is 5.10 Å².